The summed E-state index contributed by atoms with van der Waals surface area (Å²) in [5.74, 6) is 0. The standard InChI is InChI=1S/C14H23BrN2O/c1-4-17-11(13(15)10(2)16-17)9-12(18)14(3)7-5-6-8-14/h12,18H,4-9H2,1-3H3. The third-order valence-electron chi connectivity index (χ3n) is 4.39. The zero-order chi connectivity index (χ0) is 13.3. The molecule has 0 spiro atoms. The number of nitrogens with zero attached hydrogens (tertiary/aromatic N) is 2. The molecule has 0 saturated heterocycles. The lowest BCUT2D eigenvalue weighted by molar-refractivity contribution is 0.0406. The molecule has 1 aliphatic rings. The van der Waals surface area contributed by atoms with Gasteiger partial charge >= 0.3 is 0 Å². The smallest absolute Gasteiger partial charge is 0.0738 e. The minimum absolute atomic E-state index is 0.0934. The Morgan fingerprint density at radius 1 is 1.44 bits per heavy atom. The van der Waals surface area contributed by atoms with Crippen LogP contribution < -0.4 is 0 Å². The number of aliphatic hydroxyl groups excluding tert-OH is 1. The Labute approximate surface area is 118 Å². The lowest BCUT2D eigenvalue weighted by Crippen LogP contribution is -2.32. The Bertz CT molecular complexity index is 422. The minimum Gasteiger partial charge on any atom is -0.392 e. The van der Waals surface area contributed by atoms with Crippen molar-refractivity contribution in [2.45, 2.75) is 65.5 Å². The number of aliphatic hydroxyl groups is 1. The minimum atomic E-state index is -0.266. The number of hydrogen-bond donors (Lipinski definition) is 1. The highest BCUT2D eigenvalue weighted by atomic mass is 79.9. The number of aromatic nitrogens is 2. The summed E-state index contributed by atoms with van der Waals surface area (Å²) in [6.45, 7) is 7.17. The average molecular weight is 315 g/mol. The quantitative estimate of drug-likeness (QED) is 0.924. The van der Waals surface area contributed by atoms with Gasteiger partial charge < -0.3 is 5.11 Å². The van der Waals surface area contributed by atoms with E-state index in [0.717, 1.165) is 35.2 Å². The van der Waals surface area contributed by atoms with Gasteiger partial charge in [-0.25, -0.2) is 0 Å². The van der Waals surface area contributed by atoms with Crippen molar-refractivity contribution in [1.29, 1.82) is 0 Å². The monoisotopic (exact) mass is 314 g/mol. The average Bonchev–Trinajstić information content (AvgIpc) is 2.89. The highest BCUT2D eigenvalue weighted by molar-refractivity contribution is 9.10. The first-order chi connectivity index (χ1) is 8.48. The van der Waals surface area contributed by atoms with E-state index in [-0.39, 0.29) is 11.5 Å². The largest absolute Gasteiger partial charge is 0.392 e. The van der Waals surface area contributed by atoms with Gasteiger partial charge in [-0.05, 0) is 48.0 Å². The Balaban J connectivity index is 2.18. The Morgan fingerprint density at radius 3 is 2.61 bits per heavy atom. The second kappa shape index (κ2) is 5.33. The third-order valence-corrected chi connectivity index (χ3v) is 5.42. The van der Waals surface area contributed by atoms with E-state index in [1.165, 1.54) is 12.8 Å². The molecule has 3 nitrogen and oxygen atoms in total. The third kappa shape index (κ3) is 2.50. The maximum atomic E-state index is 10.6. The van der Waals surface area contributed by atoms with Crippen LogP contribution in [0.4, 0.5) is 0 Å². The van der Waals surface area contributed by atoms with Crippen molar-refractivity contribution in [3.63, 3.8) is 0 Å². The van der Waals surface area contributed by atoms with Crippen LogP contribution >= 0.6 is 15.9 Å². The molecule has 1 aliphatic carbocycles. The van der Waals surface area contributed by atoms with E-state index < -0.39 is 0 Å². The summed E-state index contributed by atoms with van der Waals surface area (Å²) >= 11 is 3.60. The summed E-state index contributed by atoms with van der Waals surface area (Å²) in [7, 11) is 0. The van der Waals surface area contributed by atoms with Gasteiger partial charge in [-0.3, -0.25) is 4.68 Å². The maximum Gasteiger partial charge on any atom is 0.0738 e. The number of hydrogen-bond acceptors (Lipinski definition) is 2. The highest BCUT2D eigenvalue weighted by Gasteiger charge is 2.36. The van der Waals surface area contributed by atoms with Crippen LogP contribution in [0.5, 0.6) is 0 Å². The van der Waals surface area contributed by atoms with E-state index in [9.17, 15) is 5.11 Å². The summed E-state index contributed by atoms with van der Waals surface area (Å²) in [5, 5.41) is 15.0. The van der Waals surface area contributed by atoms with Crippen LogP contribution in [0.3, 0.4) is 0 Å². The number of aryl methyl sites for hydroxylation is 2. The van der Waals surface area contributed by atoms with Crippen molar-refractivity contribution < 1.29 is 5.11 Å². The Hall–Kier alpha value is -0.350. The lowest BCUT2D eigenvalue weighted by atomic mass is 9.80. The maximum absolute atomic E-state index is 10.6. The highest BCUT2D eigenvalue weighted by Crippen LogP contribution is 2.42. The normalized spacial score (nSPS) is 20.3. The summed E-state index contributed by atoms with van der Waals surface area (Å²) in [6.07, 6.45) is 5.22. The molecular weight excluding hydrogens is 292 g/mol. The first-order valence-electron chi connectivity index (χ1n) is 6.88. The van der Waals surface area contributed by atoms with E-state index >= 15 is 0 Å². The van der Waals surface area contributed by atoms with Gasteiger partial charge in [0.15, 0.2) is 0 Å². The van der Waals surface area contributed by atoms with Crippen LogP contribution in [-0.4, -0.2) is 21.0 Å². The van der Waals surface area contributed by atoms with Gasteiger partial charge in [0.2, 0.25) is 0 Å². The fourth-order valence-corrected chi connectivity index (χ4v) is 3.46. The molecule has 1 fully saturated rings. The summed E-state index contributed by atoms with van der Waals surface area (Å²) in [6, 6.07) is 0. The molecular formula is C14H23BrN2O. The zero-order valence-electron chi connectivity index (χ0n) is 11.5. The molecule has 1 saturated carbocycles. The lowest BCUT2D eigenvalue weighted by Gasteiger charge is -2.30. The SMILES string of the molecule is CCn1nc(C)c(Br)c1CC(O)C1(C)CCCC1. The van der Waals surface area contributed by atoms with Crippen molar-refractivity contribution in [2.75, 3.05) is 0 Å². The van der Waals surface area contributed by atoms with Gasteiger partial charge in [-0.1, -0.05) is 19.8 Å². The molecule has 0 radical (unpaired) electrons. The van der Waals surface area contributed by atoms with Crippen molar-refractivity contribution in [1.82, 2.24) is 9.78 Å². The van der Waals surface area contributed by atoms with E-state index in [1.54, 1.807) is 0 Å². The van der Waals surface area contributed by atoms with Crippen LogP contribution in [0.2, 0.25) is 0 Å². The molecule has 1 aromatic heterocycles. The molecule has 4 heteroatoms. The van der Waals surface area contributed by atoms with E-state index in [0.29, 0.717) is 6.42 Å². The number of rotatable bonds is 4. The van der Waals surface area contributed by atoms with Crippen LogP contribution in [0.15, 0.2) is 4.47 Å². The Morgan fingerprint density at radius 2 is 2.06 bits per heavy atom. The topological polar surface area (TPSA) is 38.0 Å². The molecule has 102 valence electrons. The fraction of sp³-hybridized carbons (Fsp3) is 0.786. The molecule has 18 heavy (non-hydrogen) atoms. The van der Waals surface area contributed by atoms with Gasteiger partial charge in [0.25, 0.3) is 0 Å². The molecule has 1 aromatic rings. The van der Waals surface area contributed by atoms with E-state index in [1.807, 2.05) is 11.6 Å². The van der Waals surface area contributed by atoms with Crippen LogP contribution in [0.1, 0.15) is 50.9 Å². The van der Waals surface area contributed by atoms with Gasteiger partial charge in [0, 0.05) is 13.0 Å². The molecule has 0 aromatic carbocycles. The molecule has 1 atom stereocenters. The van der Waals surface area contributed by atoms with Gasteiger partial charge in [-0.2, -0.15) is 5.10 Å². The van der Waals surface area contributed by atoms with Crippen LogP contribution in [-0.2, 0) is 13.0 Å². The molecule has 0 amide bonds. The molecule has 1 N–H and O–H groups in total. The molecule has 0 bridgehead atoms. The van der Waals surface area contributed by atoms with Gasteiger partial charge in [-0.15, -0.1) is 0 Å². The van der Waals surface area contributed by atoms with E-state index in [4.69, 9.17) is 0 Å². The van der Waals surface area contributed by atoms with Crippen LogP contribution in [0, 0.1) is 12.3 Å². The van der Waals surface area contributed by atoms with Gasteiger partial charge in [0.05, 0.1) is 22.0 Å². The second-order valence-corrected chi connectivity index (χ2v) is 6.54. The Kier molecular flexibility index (Phi) is 4.17. The fourth-order valence-electron chi connectivity index (χ4n) is 3.01. The zero-order valence-corrected chi connectivity index (χ0v) is 13.1. The summed E-state index contributed by atoms with van der Waals surface area (Å²) in [4.78, 5) is 0. The summed E-state index contributed by atoms with van der Waals surface area (Å²) in [5.41, 5.74) is 2.24. The molecule has 1 unspecified atom stereocenters. The molecule has 0 aliphatic heterocycles. The predicted molar refractivity (Wildman–Crippen MR) is 76.6 cm³/mol. The predicted octanol–water partition coefficient (Wildman–Crippen LogP) is 3.46. The van der Waals surface area contributed by atoms with Crippen molar-refractivity contribution >= 4 is 15.9 Å². The van der Waals surface area contributed by atoms with Crippen molar-refractivity contribution in [3.8, 4) is 0 Å². The first-order valence-corrected chi connectivity index (χ1v) is 7.67. The molecule has 1 heterocycles. The molecule has 2 rings (SSSR count). The number of halogens is 1. The van der Waals surface area contributed by atoms with Crippen molar-refractivity contribution in [2.24, 2.45) is 5.41 Å². The van der Waals surface area contributed by atoms with E-state index in [2.05, 4.69) is 34.9 Å². The van der Waals surface area contributed by atoms with Crippen molar-refractivity contribution in [3.05, 3.63) is 15.9 Å². The van der Waals surface area contributed by atoms with Gasteiger partial charge in [0.1, 0.15) is 0 Å². The van der Waals surface area contributed by atoms with Crippen LogP contribution in [0.25, 0.3) is 0 Å². The first kappa shape index (κ1) is 14.1. The second-order valence-electron chi connectivity index (χ2n) is 5.74. The summed E-state index contributed by atoms with van der Waals surface area (Å²) < 4.78 is 3.06.